The lowest BCUT2D eigenvalue weighted by Gasteiger charge is -2.26. The second kappa shape index (κ2) is 5.07. The van der Waals surface area contributed by atoms with E-state index in [1.807, 2.05) is 0 Å². The van der Waals surface area contributed by atoms with Crippen LogP contribution in [0.4, 0.5) is 10.2 Å². The first-order valence-electron chi connectivity index (χ1n) is 6.29. The van der Waals surface area contributed by atoms with Crippen LogP contribution in [0, 0.1) is 11.7 Å². The Labute approximate surface area is 128 Å². The van der Waals surface area contributed by atoms with Crippen LogP contribution >= 0.6 is 15.9 Å². The Bertz CT molecular complexity index is 726. The zero-order valence-electron chi connectivity index (χ0n) is 11.1. The van der Waals surface area contributed by atoms with E-state index >= 15 is 0 Å². The number of halogens is 2. The summed E-state index contributed by atoms with van der Waals surface area (Å²) in [6, 6.07) is 5.78. The molecule has 1 unspecified atom stereocenters. The predicted molar refractivity (Wildman–Crippen MR) is 77.6 cm³/mol. The molecule has 7 heteroatoms. The third-order valence-electron chi connectivity index (χ3n) is 3.52. The number of carbonyl (C=O) groups excluding carboxylic acids is 2. The fourth-order valence-corrected chi connectivity index (χ4v) is 2.78. The number of anilines is 1. The van der Waals surface area contributed by atoms with Crippen LogP contribution < -0.4 is 4.90 Å². The zero-order valence-corrected chi connectivity index (χ0v) is 12.6. The van der Waals surface area contributed by atoms with Gasteiger partial charge in [0.05, 0.1) is 0 Å². The van der Waals surface area contributed by atoms with E-state index in [2.05, 4.69) is 25.9 Å². The van der Waals surface area contributed by atoms with Crippen LogP contribution in [0.5, 0.6) is 0 Å². The zero-order chi connectivity index (χ0) is 15.1. The molecular formula is C14H11BrFN3O2. The average molecular weight is 352 g/mol. The lowest BCUT2D eigenvalue weighted by molar-refractivity contribution is -0.121. The van der Waals surface area contributed by atoms with Gasteiger partial charge in [0.1, 0.15) is 17.4 Å². The highest BCUT2D eigenvalue weighted by atomic mass is 79.9. The van der Waals surface area contributed by atoms with Crippen LogP contribution in [0.2, 0.25) is 0 Å². The number of ketones is 1. The monoisotopic (exact) mass is 351 g/mol. The largest absolute Gasteiger partial charge is 0.328 e. The number of aromatic nitrogens is 2. The van der Waals surface area contributed by atoms with E-state index in [9.17, 15) is 14.0 Å². The number of imidazole rings is 1. The molecule has 1 amide bonds. The first-order valence-corrected chi connectivity index (χ1v) is 7.08. The van der Waals surface area contributed by atoms with Crippen LogP contribution in [0.25, 0.3) is 0 Å². The summed E-state index contributed by atoms with van der Waals surface area (Å²) in [4.78, 5) is 33.1. The Morgan fingerprint density at radius 2 is 2.00 bits per heavy atom. The molecular weight excluding hydrogens is 341 g/mol. The summed E-state index contributed by atoms with van der Waals surface area (Å²) in [6.07, 6.45) is 0.234. The minimum atomic E-state index is -0.819. The van der Waals surface area contributed by atoms with Gasteiger partial charge >= 0.3 is 0 Å². The van der Waals surface area contributed by atoms with Crippen molar-refractivity contribution < 1.29 is 14.0 Å². The van der Waals surface area contributed by atoms with Gasteiger partial charge in [-0.3, -0.25) is 14.5 Å². The van der Waals surface area contributed by atoms with Crippen molar-refractivity contribution in [2.24, 2.45) is 5.92 Å². The van der Waals surface area contributed by atoms with Gasteiger partial charge in [-0.25, -0.2) is 9.37 Å². The standard InChI is InChI=1S/C14H11BrFN3O2/c1-19-12-10(17-14(15)18-12)11(20)9(13(19)21)6-7-2-4-8(16)5-3-7/h2-5,9H,6H2,1H3,(H,17,18). The SMILES string of the molecule is CN1C(=O)C(Cc2ccc(F)cc2)C(=O)c2[nH]c(Br)nc21. The van der Waals surface area contributed by atoms with E-state index in [0.29, 0.717) is 16.2 Å². The van der Waals surface area contributed by atoms with Gasteiger partial charge in [-0.1, -0.05) is 12.1 Å². The number of fused-ring (bicyclic) bond motifs is 1. The third-order valence-corrected chi connectivity index (χ3v) is 3.89. The number of carbonyl (C=O) groups is 2. The number of aromatic amines is 1. The summed E-state index contributed by atoms with van der Waals surface area (Å²) < 4.78 is 13.3. The van der Waals surface area contributed by atoms with Gasteiger partial charge in [0.25, 0.3) is 0 Å². The number of rotatable bonds is 2. The molecule has 1 N–H and O–H groups in total. The van der Waals surface area contributed by atoms with E-state index in [-0.39, 0.29) is 23.9 Å². The van der Waals surface area contributed by atoms with Crippen molar-refractivity contribution in [2.75, 3.05) is 11.9 Å². The summed E-state index contributed by atoms with van der Waals surface area (Å²) >= 11 is 3.16. The summed E-state index contributed by atoms with van der Waals surface area (Å²) in [7, 11) is 1.58. The van der Waals surface area contributed by atoms with Crippen LogP contribution in [0.3, 0.4) is 0 Å². The van der Waals surface area contributed by atoms with E-state index in [1.165, 1.54) is 17.0 Å². The van der Waals surface area contributed by atoms with Crippen LogP contribution in [-0.2, 0) is 11.2 Å². The highest BCUT2D eigenvalue weighted by molar-refractivity contribution is 9.10. The first kappa shape index (κ1) is 13.9. The fraction of sp³-hybridized carbons (Fsp3) is 0.214. The lowest BCUT2D eigenvalue weighted by Crippen LogP contribution is -2.43. The summed E-state index contributed by atoms with van der Waals surface area (Å²) in [5, 5.41) is 0. The molecule has 0 fully saturated rings. The quantitative estimate of drug-likeness (QED) is 0.844. The number of hydrogen-bond donors (Lipinski definition) is 1. The van der Waals surface area contributed by atoms with Gasteiger partial charge in [-0.2, -0.15) is 0 Å². The highest BCUT2D eigenvalue weighted by Crippen LogP contribution is 2.30. The molecule has 2 heterocycles. The number of nitrogens with zero attached hydrogens (tertiary/aromatic N) is 2. The normalized spacial score (nSPS) is 18.0. The molecule has 1 aromatic carbocycles. The smallest absolute Gasteiger partial charge is 0.239 e. The molecule has 21 heavy (non-hydrogen) atoms. The minimum Gasteiger partial charge on any atom is -0.328 e. The average Bonchev–Trinajstić information content (AvgIpc) is 2.85. The van der Waals surface area contributed by atoms with E-state index < -0.39 is 5.92 Å². The van der Waals surface area contributed by atoms with Crippen LogP contribution in [-0.4, -0.2) is 28.7 Å². The van der Waals surface area contributed by atoms with Crippen molar-refractivity contribution in [3.05, 3.63) is 46.1 Å². The number of Topliss-reactive ketones (excluding diaryl/α,β-unsaturated/α-hetero) is 1. The number of nitrogens with one attached hydrogen (secondary N) is 1. The third kappa shape index (κ3) is 2.37. The molecule has 1 aliphatic heterocycles. The number of amides is 1. The molecule has 0 spiro atoms. The van der Waals surface area contributed by atoms with E-state index in [1.54, 1.807) is 19.2 Å². The molecule has 0 saturated heterocycles. The van der Waals surface area contributed by atoms with Gasteiger partial charge in [0, 0.05) is 7.05 Å². The maximum atomic E-state index is 12.9. The molecule has 1 atom stereocenters. The molecule has 108 valence electrons. The second-order valence-corrected chi connectivity index (χ2v) is 5.62. The summed E-state index contributed by atoms with van der Waals surface area (Å²) in [5.74, 6) is -1.45. The molecule has 5 nitrogen and oxygen atoms in total. The maximum absolute atomic E-state index is 12.9. The van der Waals surface area contributed by atoms with Crippen molar-refractivity contribution in [3.8, 4) is 0 Å². The molecule has 1 aliphatic rings. The molecule has 3 rings (SSSR count). The predicted octanol–water partition coefficient (Wildman–Crippen LogP) is 2.33. The van der Waals surface area contributed by atoms with Crippen molar-refractivity contribution in [1.29, 1.82) is 0 Å². The first-order chi connectivity index (χ1) is 9.97. The molecule has 2 aromatic rings. The van der Waals surface area contributed by atoms with Gasteiger partial charge in [0.15, 0.2) is 16.3 Å². The second-order valence-electron chi connectivity index (χ2n) is 4.87. The van der Waals surface area contributed by atoms with Crippen molar-refractivity contribution in [1.82, 2.24) is 9.97 Å². The van der Waals surface area contributed by atoms with Crippen LogP contribution in [0.15, 0.2) is 29.0 Å². The van der Waals surface area contributed by atoms with Gasteiger partial charge in [-0.15, -0.1) is 0 Å². The Hall–Kier alpha value is -2.02. The Morgan fingerprint density at radius 3 is 2.67 bits per heavy atom. The minimum absolute atomic E-state index is 0.234. The van der Waals surface area contributed by atoms with Crippen molar-refractivity contribution in [2.45, 2.75) is 6.42 Å². The molecule has 1 aromatic heterocycles. The Kier molecular flexibility index (Phi) is 3.36. The number of H-pyrrole nitrogens is 1. The van der Waals surface area contributed by atoms with Crippen molar-refractivity contribution >= 4 is 33.4 Å². The number of hydrogen-bond acceptors (Lipinski definition) is 3. The molecule has 0 bridgehead atoms. The highest BCUT2D eigenvalue weighted by Gasteiger charge is 2.40. The van der Waals surface area contributed by atoms with Gasteiger partial charge < -0.3 is 4.98 Å². The van der Waals surface area contributed by atoms with Gasteiger partial charge in [-0.05, 0) is 40.0 Å². The molecule has 0 saturated carbocycles. The fourth-order valence-electron chi connectivity index (χ4n) is 2.41. The topological polar surface area (TPSA) is 66.1 Å². The summed E-state index contributed by atoms with van der Waals surface area (Å²) in [5.41, 5.74) is 1.05. The summed E-state index contributed by atoms with van der Waals surface area (Å²) in [6.45, 7) is 0. The van der Waals surface area contributed by atoms with Crippen molar-refractivity contribution in [3.63, 3.8) is 0 Å². The van der Waals surface area contributed by atoms with Crippen LogP contribution in [0.1, 0.15) is 16.1 Å². The number of benzene rings is 1. The maximum Gasteiger partial charge on any atom is 0.239 e. The van der Waals surface area contributed by atoms with E-state index in [0.717, 1.165) is 5.56 Å². The Balaban J connectivity index is 1.94. The van der Waals surface area contributed by atoms with E-state index in [4.69, 9.17) is 0 Å². The lowest BCUT2D eigenvalue weighted by atomic mass is 9.89. The molecule has 0 radical (unpaired) electrons. The van der Waals surface area contributed by atoms with Gasteiger partial charge in [0.2, 0.25) is 5.91 Å². The Morgan fingerprint density at radius 1 is 1.33 bits per heavy atom. The molecule has 0 aliphatic carbocycles.